The van der Waals surface area contributed by atoms with Gasteiger partial charge < -0.3 is 0 Å². The quantitative estimate of drug-likeness (QED) is 0.432. The van der Waals surface area contributed by atoms with E-state index in [1.807, 2.05) is 0 Å². The number of carbonyl (C=O) groups excluding carboxylic acids is 4. The first-order valence-corrected chi connectivity index (χ1v) is 10.6. The van der Waals surface area contributed by atoms with Crippen molar-refractivity contribution in [2.45, 2.75) is 67.1 Å². The van der Waals surface area contributed by atoms with Crippen molar-refractivity contribution < 1.29 is 53.0 Å². The Morgan fingerprint density at radius 1 is 0.750 bits per heavy atom. The Balaban J connectivity index is 6.22. The molecule has 139 valence electrons. The van der Waals surface area contributed by atoms with E-state index in [0.717, 1.165) is 13.8 Å². The van der Waals surface area contributed by atoms with Gasteiger partial charge in [-0.3, -0.25) is 0 Å². The third-order valence-corrected chi connectivity index (χ3v) is 7.64. The van der Waals surface area contributed by atoms with E-state index in [1.165, 1.54) is 6.92 Å². The fourth-order valence-electron chi connectivity index (χ4n) is 1.90. The molecule has 0 bridgehead atoms. The van der Waals surface area contributed by atoms with Gasteiger partial charge in [-0.2, -0.15) is 0 Å². The number of hydrogen-bond acceptors (Lipinski definition) is 9. The summed E-state index contributed by atoms with van der Waals surface area (Å²) in [6.07, 6.45) is -1.97. The van der Waals surface area contributed by atoms with Crippen molar-refractivity contribution in [2.24, 2.45) is 0 Å². The third-order valence-electron chi connectivity index (χ3n) is 2.15. The van der Waals surface area contributed by atoms with E-state index in [0.29, 0.717) is 0 Å². The standard InChI is InChI=1S/C4H6O3.2C3H7O.2C2H4O2.Ti/c1-3(5)2-4(6)7;2*1-3(2)4;2*1-2(3)4;/h2H2,1H3,(H,6,7);2*3H,1-2H3;2*1H3,(H,3,4);/q;2*-1;;;+5/p-3. The monoisotopic (exact) mass is 385 g/mol. The van der Waals surface area contributed by atoms with Crippen LogP contribution >= 0.6 is 0 Å². The van der Waals surface area contributed by atoms with E-state index < -0.39 is 59.6 Å². The van der Waals surface area contributed by atoms with E-state index in [1.54, 1.807) is 27.7 Å². The Kier molecular flexibility index (Phi) is 8.24. The van der Waals surface area contributed by atoms with Crippen LogP contribution in [0.5, 0.6) is 0 Å². The Hall–Kier alpha value is -1.29. The van der Waals surface area contributed by atoms with E-state index in [-0.39, 0.29) is 0 Å². The summed E-state index contributed by atoms with van der Waals surface area (Å²) in [6.45, 7) is 9.44. The van der Waals surface area contributed by atoms with Gasteiger partial charge in [-0.1, -0.05) is 0 Å². The van der Waals surface area contributed by atoms with Gasteiger partial charge in [-0.15, -0.1) is 0 Å². The molecule has 0 saturated heterocycles. The first-order chi connectivity index (χ1) is 10.8. The average Bonchev–Trinajstić information content (AvgIpc) is 2.20. The fourth-order valence-corrected chi connectivity index (χ4v) is 7.20. The van der Waals surface area contributed by atoms with Crippen molar-refractivity contribution in [2.75, 3.05) is 0 Å². The van der Waals surface area contributed by atoms with Gasteiger partial charge in [0.05, 0.1) is 0 Å². The fraction of sp³-hybridized carbons (Fsp3) is 0.714. The molecule has 0 aliphatic heterocycles. The maximum absolute atomic E-state index is 12.1. The summed E-state index contributed by atoms with van der Waals surface area (Å²) < 4.78 is 26.5. The molecule has 0 atom stereocenters. The first-order valence-electron chi connectivity index (χ1n) is 7.44. The number of ketones is 1. The SMILES string of the molecule is CC(=O)CC(=O)[O][Ti]([O]C(C)=O)([O]C(C)=O)([O]C(C)C)[O]C(C)C. The van der Waals surface area contributed by atoms with Crippen LogP contribution in [0.25, 0.3) is 0 Å². The van der Waals surface area contributed by atoms with Crippen molar-refractivity contribution >= 4 is 23.7 Å². The second-order valence-electron chi connectivity index (χ2n) is 5.71. The zero-order chi connectivity index (χ0) is 19.2. The zero-order valence-electron chi connectivity index (χ0n) is 15.0. The molecule has 0 radical (unpaired) electrons. The number of carbonyl (C=O) groups is 4. The molecule has 0 rings (SSSR count). The molecule has 0 fully saturated rings. The Bertz CT molecular complexity index is 482. The van der Waals surface area contributed by atoms with Crippen molar-refractivity contribution in [1.29, 1.82) is 0 Å². The van der Waals surface area contributed by atoms with Gasteiger partial charge in [0.25, 0.3) is 0 Å². The molecule has 10 heteroatoms. The number of hydrogen-bond donors (Lipinski definition) is 0. The van der Waals surface area contributed by atoms with Crippen molar-refractivity contribution in [3.63, 3.8) is 0 Å². The van der Waals surface area contributed by atoms with Crippen LogP contribution in [0.2, 0.25) is 0 Å². The average molecular weight is 385 g/mol. The van der Waals surface area contributed by atoms with Gasteiger partial charge in [0.1, 0.15) is 0 Å². The minimum absolute atomic E-state index is 0.494. The topological polar surface area (TPSA) is 114 Å². The second kappa shape index (κ2) is 8.71. The molecule has 0 N–H and O–H groups in total. The molecule has 0 saturated carbocycles. The molecule has 9 nitrogen and oxygen atoms in total. The van der Waals surface area contributed by atoms with Crippen LogP contribution < -0.4 is 0 Å². The summed E-state index contributed by atoms with van der Waals surface area (Å²) >= 11 is -6.29. The molecule has 0 heterocycles. The third kappa shape index (κ3) is 7.52. The van der Waals surface area contributed by atoms with Crippen molar-refractivity contribution in [3.05, 3.63) is 0 Å². The van der Waals surface area contributed by atoms with E-state index in [4.69, 9.17) is 16.6 Å². The predicted octanol–water partition coefficient (Wildman–Crippen LogP) is 1.75. The molecule has 0 aliphatic carbocycles. The molecule has 24 heavy (non-hydrogen) atoms. The summed E-state index contributed by atoms with van der Waals surface area (Å²) in [5.41, 5.74) is 0. The van der Waals surface area contributed by atoms with Gasteiger partial charge in [0.2, 0.25) is 0 Å². The minimum atomic E-state index is -6.29. The van der Waals surface area contributed by atoms with Crippen LogP contribution in [0, 0.1) is 0 Å². The van der Waals surface area contributed by atoms with Crippen LogP contribution in [0.3, 0.4) is 0 Å². The van der Waals surface area contributed by atoms with Gasteiger partial charge in [0, 0.05) is 0 Å². The molecule has 0 unspecified atom stereocenters. The molecule has 0 aromatic carbocycles. The van der Waals surface area contributed by atoms with Crippen LogP contribution in [0.4, 0.5) is 0 Å². The maximum atomic E-state index is 12.1. The van der Waals surface area contributed by atoms with Crippen molar-refractivity contribution in [1.82, 2.24) is 0 Å². The van der Waals surface area contributed by atoms with Gasteiger partial charge in [-0.05, 0) is 0 Å². The van der Waals surface area contributed by atoms with Gasteiger partial charge in [-0.25, -0.2) is 0 Å². The number of Topliss-reactive ketones (excluding diaryl/α,β-unsaturated/α-hetero) is 1. The molecule has 0 spiro atoms. The summed E-state index contributed by atoms with van der Waals surface area (Å²) in [5.74, 6) is -3.43. The van der Waals surface area contributed by atoms with Crippen LogP contribution in [-0.4, -0.2) is 35.9 Å². The second-order valence-corrected chi connectivity index (χ2v) is 10.0. The van der Waals surface area contributed by atoms with E-state index in [9.17, 15) is 19.2 Å². The van der Waals surface area contributed by atoms with Gasteiger partial charge >= 0.3 is 144 Å². The summed E-state index contributed by atoms with van der Waals surface area (Å²) in [6, 6.07) is 0. The predicted molar refractivity (Wildman–Crippen MR) is 77.4 cm³/mol. The zero-order valence-corrected chi connectivity index (χ0v) is 16.6. The Morgan fingerprint density at radius 3 is 1.38 bits per heavy atom. The molecule has 0 amide bonds. The number of rotatable bonds is 9. The normalized spacial score (nSPS) is 13.1. The molecule has 0 aromatic heterocycles. The first kappa shape index (κ1) is 22.7. The van der Waals surface area contributed by atoms with Crippen LogP contribution in [0.1, 0.15) is 54.9 Å². The van der Waals surface area contributed by atoms with Crippen LogP contribution in [-0.2, 0) is 53.0 Å². The van der Waals surface area contributed by atoms with E-state index in [2.05, 4.69) is 0 Å². The molecular formula is C14H25O9Ti. The molecule has 0 aromatic rings. The Morgan fingerprint density at radius 2 is 1.12 bits per heavy atom. The van der Waals surface area contributed by atoms with Crippen LogP contribution in [0.15, 0.2) is 0 Å². The van der Waals surface area contributed by atoms with E-state index >= 15 is 0 Å². The summed E-state index contributed by atoms with van der Waals surface area (Å²) in [4.78, 5) is 46.5. The van der Waals surface area contributed by atoms with Crippen molar-refractivity contribution in [3.8, 4) is 0 Å². The van der Waals surface area contributed by atoms with Gasteiger partial charge in [0.15, 0.2) is 0 Å². The summed E-state index contributed by atoms with van der Waals surface area (Å²) in [7, 11) is 0. The molecule has 0 aliphatic rings. The Labute approximate surface area is 144 Å². The summed E-state index contributed by atoms with van der Waals surface area (Å²) in [5, 5.41) is 0. The molecular weight excluding hydrogens is 360 g/mol.